The molecule has 0 aliphatic carbocycles. The second-order valence-corrected chi connectivity index (χ2v) is 6.01. The van der Waals surface area contributed by atoms with Crippen LogP contribution in [0.3, 0.4) is 0 Å². The van der Waals surface area contributed by atoms with E-state index in [0.717, 1.165) is 18.4 Å². The first kappa shape index (κ1) is 16.8. The maximum absolute atomic E-state index is 12.3. The van der Waals surface area contributed by atoms with Crippen LogP contribution in [0, 0.1) is 0 Å². The number of piperidine rings is 1. The van der Waals surface area contributed by atoms with Crippen LogP contribution < -0.4 is 11.5 Å². The van der Waals surface area contributed by atoms with Crippen molar-refractivity contribution >= 4 is 17.8 Å². The number of benzene rings is 1. The van der Waals surface area contributed by atoms with E-state index in [0.29, 0.717) is 30.3 Å². The lowest BCUT2D eigenvalue weighted by molar-refractivity contribution is 0.0680. The monoisotopic (exact) mass is 340 g/mol. The maximum Gasteiger partial charge on any atom is 0.289 e. The molecule has 1 aromatic heterocycles. The van der Waals surface area contributed by atoms with E-state index in [1.54, 1.807) is 24.3 Å². The van der Waals surface area contributed by atoms with Gasteiger partial charge in [0.1, 0.15) is 0 Å². The summed E-state index contributed by atoms with van der Waals surface area (Å²) in [7, 11) is 0. The normalized spacial score (nSPS) is 15.0. The molecule has 3 rings (SSSR count). The molecule has 25 heavy (non-hydrogen) atoms. The maximum atomic E-state index is 12.3. The first-order chi connectivity index (χ1) is 12.0. The molecule has 1 aliphatic rings. The van der Waals surface area contributed by atoms with Gasteiger partial charge in [0.25, 0.3) is 11.8 Å². The zero-order valence-corrected chi connectivity index (χ0v) is 13.7. The Bertz CT molecular complexity index is 769. The molecular formula is C18H20N4O3. The lowest BCUT2D eigenvalue weighted by atomic mass is 9.89. The number of nitrogens with zero attached hydrogens (tertiary/aromatic N) is 2. The molecule has 1 saturated heterocycles. The highest BCUT2D eigenvalue weighted by Gasteiger charge is 2.25. The predicted molar refractivity (Wildman–Crippen MR) is 93.2 cm³/mol. The minimum atomic E-state index is -0.453. The summed E-state index contributed by atoms with van der Waals surface area (Å²) in [5.74, 6) is -0.0383. The van der Waals surface area contributed by atoms with Crippen LogP contribution in [0.4, 0.5) is 0 Å². The number of hydrogen-bond donors (Lipinski definition) is 2. The average Bonchev–Trinajstić information content (AvgIpc) is 3.15. The van der Waals surface area contributed by atoms with Gasteiger partial charge in [0.05, 0.1) is 6.26 Å². The van der Waals surface area contributed by atoms with Gasteiger partial charge < -0.3 is 20.8 Å². The van der Waals surface area contributed by atoms with Crippen molar-refractivity contribution in [3.8, 4) is 0 Å². The fourth-order valence-corrected chi connectivity index (χ4v) is 3.05. The zero-order valence-electron chi connectivity index (χ0n) is 13.7. The zero-order chi connectivity index (χ0) is 17.8. The van der Waals surface area contributed by atoms with E-state index >= 15 is 0 Å². The van der Waals surface area contributed by atoms with Crippen LogP contribution in [-0.4, -0.2) is 35.8 Å². The van der Waals surface area contributed by atoms with Crippen LogP contribution in [0.15, 0.2) is 52.1 Å². The van der Waals surface area contributed by atoms with Gasteiger partial charge in [-0.05, 0) is 48.6 Å². The molecule has 1 fully saturated rings. The Balaban J connectivity index is 1.60. The van der Waals surface area contributed by atoms with Gasteiger partial charge in [-0.2, -0.15) is 4.99 Å². The molecule has 2 aromatic rings. The Kier molecular flexibility index (Phi) is 4.83. The number of amides is 2. The van der Waals surface area contributed by atoms with E-state index in [2.05, 4.69) is 4.99 Å². The van der Waals surface area contributed by atoms with Crippen LogP contribution in [0.5, 0.6) is 0 Å². The number of hydrogen-bond acceptors (Lipinski definition) is 3. The van der Waals surface area contributed by atoms with E-state index in [4.69, 9.17) is 15.9 Å². The number of guanidine groups is 1. The van der Waals surface area contributed by atoms with E-state index in [1.165, 1.54) is 6.26 Å². The van der Waals surface area contributed by atoms with Crippen molar-refractivity contribution in [2.24, 2.45) is 16.5 Å². The number of nitrogens with two attached hydrogens (primary N) is 2. The van der Waals surface area contributed by atoms with Gasteiger partial charge >= 0.3 is 0 Å². The van der Waals surface area contributed by atoms with Gasteiger partial charge in [-0.3, -0.25) is 9.59 Å². The second kappa shape index (κ2) is 7.21. The molecular weight excluding hydrogens is 320 g/mol. The summed E-state index contributed by atoms with van der Waals surface area (Å²) in [4.78, 5) is 29.4. The number of carbonyl (C=O) groups excluding carboxylic acids is 2. The fourth-order valence-electron chi connectivity index (χ4n) is 3.05. The van der Waals surface area contributed by atoms with Crippen molar-refractivity contribution in [2.75, 3.05) is 13.1 Å². The van der Waals surface area contributed by atoms with E-state index in [9.17, 15) is 9.59 Å². The molecule has 0 atom stereocenters. The fraction of sp³-hybridized carbons (Fsp3) is 0.278. The quantitative estimate of drug-likeness (QED) is 0.652. The minimum Gasteiger partial charge on any atom is -0.459 e. The molecule has 0 unspecified atom stereocenters. The first-order valence-corrected chi connectivity index (χ1v) is 8.11. The number of likely N-dealkylation sites (tertiary alicyclic amines) is 1. The topological polar surface area (TPSA) is 115 Å². The van der Waals surface area contributed by atoms with Crippen LogP contribution in [-0.2, 0) is 0 Å². The molecule has 7 nitrogen and oxygen atoms in total. The lowest BCUT2D eigenvalue weighted by Gasteiger charge is -2.31. The summed E-state index contributed by atoms with van der Waals surface area (Å²) in [5, 5.41) is 0. The second-order valence-electron chi connectivity index (χ2n) is 6.01. The molecule has 1 aromatic carbocycles. The number of aliphatic imine (C=N–C) groups is 1. The third-order valence-electron chi connectivity index (χ3n) is 4.37. The molecule has 0 bridgehead atoms. The molecule has 1 aliphatic heterocycles. The summed E-state index contributed by atoms with van der Waals surface area (Å²) in [5.41, 5.74) is 12.0. The molecule has 4 N–H and O–H groups in total. The summed E-state index contributed by atoms with van der Waals surface area (Å²) < 4.78 is 5.17. The van der Waals surface area contributed by atoms with Gasteiger partial charge in [-0.25, -0.2) is 0 Å². The van der Waals surface area contributed by atoms with Crippen LogP contribution >= 0.6 is 0 Å². The van der Waals surface area contributed by atoms with Crippen LogP contribution in [0.1, 0.15) is 45.2 Å². The third kappa shape index (κ3) is 3.88. The predicted octanol–water partition coefficient (Wildman–Crippen LogP) is 1.71. The number of furan rings is 1. The average molecular weight is 340 g/mol. The van der Waals surface area contributed by atoms with Crippen LogP contribution in [0.2, 0.25) is 0 Å². The van der Waals surface area contributed by atoms with Crippen molar-refractivity contribution in [3.63, 3.8) is 0 Å². The van der Waals surface area contributed by atoms with E-state index in [-0.39, 0.29) is 11.9 Å². The summed E-state index contributed by atoms with van der Waals surface area (Å²) in [6.45, 7) is 1.36. The standard InChI is InChI=1S/C18H20N4O3/c19-18(20)21-16(23)14-5-3-12(4-6-14)13-7-9-22(10-8-13)17(24)15-2-1-11-25-15/h1-6,11,13H,7-10H2,(H4,19,20,21,23). The molecule has 0 spiro atoms. The molecule has 2 heterocycles. The molecule has 7 heteroatoms. The summed E-state index contributed by atoms with van der Waals surface area (Å²) in [6.07, 6.45) is 3.24. The molecule has 130 valence electrons. The van der Waals surface area contributed by atoms with Crippen molar-refractivity contribution in [1.29, 1.82) is 0 Å². The molecule has 0 radical (unpaired) electrons. The van der Waals surface area contributed by atoms with Crippen LogP contribution in [0.25, 0.3) is 0 Å². The first-order valence-electron chi connectivity index (χ1n) is 8.11. The largest absolute Gasteiger partial charge is 0.459 e. The van der Waals surface area contributed by atoms with Gasteiger partial charge in [0, 0.05) is 18.7 Å². The van der Waals surface area contributed by atoms with Gasteiger partial charge in [0.2, 0.25) is 0 Å². The number of rotatable bonds is 3. The lowest BCUT2D eigenvalue weighted by Crippen LogP contribution is -2.37. The van der Waals surface area contributed by atoms with Gasteiger partial charge in [0.15, 0.2) is 11.7 Å². The number of carbonyl (C=O) groups is 2. The van der Waals surface area contributed by atoms with E-state index in [1.807, 2.05) is 17.0 Å². The highest BCUT2D eigenvalue weighted by atomic mass is 16.3. The Labute approximate surface area is 145 Å². The van der Waals surface area contributed by atoms with Crippen molar-refractivity contribution in [1.82, 2.24) is 4.90 Å². The van der Waals surface area contributed by atoms with Crippen molar-refractivity contribution < 1.29 is 14.0 Å². The molecule has 2 amide bonds. The minimum absolute atomic E-state index is 0.0679. The summed E-state index contributed by atoms with van der Waals surface area (Å²) >= 11 is 0. The Morgan fingerprint density at radius 3 is 2.32 bits per heavy atom. The highest BCUT2D eigenvalue weighted by Crippen LogP contribution is 2.29. The smallest absolute Gasteiger partial charge is 0.289 e. The summed E-state index contributed by atoms with van der Waals surface area (Å²) in [6, 6.07) is 10.7. The Morgan fingerprint density at radius 2 is 1.76 bits per heavy atom. The van der Waals surface area contributed by atoms with Crippen molar-refractivity contribution in [3.05, 3.63) is 59.5 Å². The van der Waals surface area contributed by atoms with Crippen molar-refractivity contribution in [2.45, 2.75) is 18.8 Å². The Morgan fingerprint density at radius 1 is 1.08 bits per heavy atom. The van der Waals surface area contributed by atoms with E-state index < -0.39 is 5.91 Å². The van der Waals surface area contributed by atoms with Gasteiger partial charge in [-0.15, -0.1) is 0 Å². The Hall–Kier alpha value is -3.09. The SMILES string of the molecule is NC(N)=NC(=O)c1ccc(C2CCN(C(=O)c3ccco3)CC2)cc1. The highest BCUT2D eigenvalue weighted by molar-refractivity contribution is 6.01. The molecule has 0 saturated carbocycles. The third-order valence-corrected chi connectivity index (χ3v) is 4.37. The van der Waals surface area contributed by atoms with Gasteiger partial charge in [-0.1, -0.05) is 12.1 Å².